The van der Waals surface area contributed by atoms with Gasteiger partial charge >= 0.3 is 5.97 Å². The molecule has 25 heavy (non-hydrogen) atoms. The van der Waals surface area contributed by atoms with E-state index in [0.717, 1.165) is 38.5 Å². The minimum atomic E-state index is -0.672. The molecule has 146 valence electrons. The lowest BCUT2D eigenvalue weighted by molar-refractivity contribution is -0.137. The van der Waals surface area contributed by atoms with Gasteiger partial charge in [-0.05, 0) is 25.7 Å². The highest BCUT2D eigenvalue weighted by atomic mass is 16.4. The van der Waals surface area contributed by atoms with Crippen LogP contribution in [0, 0.1) is 11.8 Å². The van der Waals surface area contributed by atoms with Gasteiger partial charge in [0.15, 0.2) is 0 Å². The van der Waals surface area contributed by atoms with Crippen LogP contribution in [0.4, 0.5) is 0 Å². The molecule has 0 fully saturated rings. The van der Waals surface area contributed by atoms with Crippen LogP contribution in [0.25, 0.3) is 0 Å². The van der Waals surface area contributed by atoms with E-state index in [4.69, 9.17) is 5.11 Å². The average Bonchev–Trinajstić information content (AvgIpc) is 2.58. The molecule has 0 unspecified atom stereocenters. The van der Waals surface area contributed by atoms with Gasteiger partial charge < -0.3 is 10.2 Å². The maximum Gasteiger partial charge on any atom is 0.303 e. The van der Waals surface area contributed by atoms with Crippen molar-refractivity contribution in [3.05, 3.63) is 0 Å². The zero-order chi connectivity index (χ0) is 18.6. The van der Waals surface area contributed by atoms with Gasteiger partial charge in [-0.2, -0.15) is 0 Å². The lowest BCUT2D eigenvalue weighted by atomic mass is 10.0. The lowest BCUT2D eigenvalue weighted by Gasteiger charge is -2.02. The van der Waals surface area contributed by atoms with Crippen LogP contribution in [0.15, 0.2) is 0 Å². The molecule has 0 saturated carbocycles. The van der Waals surface area contributed by atoms with Gasteiger partial charge in [-0.1, -0.05) is 83.5 Å². The second kappa shape index (κ2) is 19.3. The molecule has 0 heterocycles. The maximum atomic E-state index is 10.4. The molecule has 0 aromatic heterocycles. The number of hydrogen-bond donors (Lipinski definition) is 2. The molecular formula is C22H40O3. The molecule has 2 N–H and O–H groups in total. The molecule has 0 aliphatic heterocycles. The van der Waals surface area contributed by atoms with Crippen LogP contribution in [0.2, 0.25) is 0 Å². The Balaban J connectivity index is 3.20. The van der Waals surface area contributed by atoms with Crippen molar-refractivity contribution in [1.82, 2.24) is 0 Å². The van der Waals surface area contributed by atoms with Gasteiger partial charge in [0.25, 0.3) is 0 Å². The molecule has 3 nitrogen and oxygen atoms in total. The summed E-state index contributed by atoms with van der Waals surface area (Å²) in [5.74, 6) is 5.41. The third kappa shape index (κ3) is 20.9. The number of hydrogen-bond acceptors (Lipinski definition) is 2. The lowest BCUT2D eigenvalue weighted by Crippen LogP contribution is -2.01. The highest BCUT2D eigenvalue weighted by molar-refractivity contribution is 5.66. The summed E-state index contributed by atoms with van der Waals surface area (Å²) in [4.78, 5) is 10.4. The standard InChI is InChI=1S/C22H40O3/c1-2-3-15-18-21(23)19-16-13-11-9-7-5-4-6-8-10-12-14-17-20-22(24)25/h21,23H,2-15,17-18,20H2,1H3,(H,24,25)/t21-/m1/s1. The van der Waals surface area contributed by atoms with Gasteiger partial charge in [-0.15, -0.1) is 5.92 Å². The summed E-state index contributed by atoms with van der Waals surface area (Å²) in [5, 5.41) is 18.2. The minimum absolute atomic E-state index is 0.322. The molecule has 0 aliphatic carbocycles. The van der Waals surface area contributed by atoms with E-state index in [1.54, 1.807) is 0 Å². The molecule has 0 amide bonds. The van der Waals surface area contributed by atoms with E-state index in [1.165, 1.54) is 64.2 Å². The summed E-state index contributed by atoms with van der Waals surface area (Å²) in [5.41, 5.74) is 0. The molecule has 0 spiro atoms. The first kappa shape index (κ1) is 24.0. The Hall–Kier alpha value is -1.01. The van der Waals surface area contributed by atoms with Gasteiger partial charge in [0, 0.05) is 12.8 Å². The van der Waals surface area contributed by atoms with E-state index in [1.807, 2.05) is 0 Å². The van der Waals surface area contributed by atoms with Crippen molar-refractivity contribution < 1.29 is 15.0 Å². The first-order valence-corrected chi connectivity index (χ1v) is 10.5. The van der Waals surface area contributed by atoms with E-state index in [0.29, 0.717) is 6.42 Å². The largest absolute Gasteiger partial charge is 0.481 e. The predicted octanol–water partition coefficient (Wildman–Crippen LogP) is 6.09. The van der Waals surface area contributed by atoms with Crippen molar-refractivity contribution in [3.8, 4) is 11.8 Å². The number of carboxylic acid groups (broad SMARTS) is 1. The number of carboxylic acids is 1. The number of rotatable bonds is 17. The van der Waals surface area contributed by atoms with Crippen LogP contribution in [0.1, 0.15) is 116 Å². The molecule has 0 aliphatic rings. The molecule has 0 bridgehead atoms. The third-order valence-electron chi connectivity index (χ3n) is 4.54. The van der Waals surface area contributed by atoms with Crippen molar-refractivity contribution in [3.63, 3.8) is 0 Å². The highest BCUT2D eigenvalue weighted by Crippen LogP contribution is 2.12. The number of unbranched alkanes of at least 4 members (excludes halogenated alkanes) is 13. The van der Waals surface area contributed by atoms with Crippen molar-refractivity contribution in [2.24, 2.45) is 0 Å². The van der Waals surface area contributed by atoms with Gasteiger partial charge in [-0.25, -0.2) is 0 Å². The first-order chi connectivity index (χ1) is 12.2. The summed E-state index contributed by atoms with van der Waals surface area (Å²) in [6, 6.07) is 0. The molecule has 0 aromatic carbocycles. The Morgan fingerprint density at radius 2 is 1.32 bits per heavy atom. The molecule has 0 aromatic rings. The van der Waals surface area contributed by atoms with Gasteiger partial charge in [0.05, 0.1) is 0 Å². The smallest absolute Gasteiger partial charge is 0.303 e. The van der Waals surface area contributed by atoms with Crippen LogP contribution in [-0.4, -0.2) is 22.3 Å². The minimum Gasteiger partial charge on any atom is -0.481 e. The zero-order valence-corrected chi connectivity index (χ0v) is 16.4. The Morgan fingerprint density at radius 1 is 0.800 bits per heavy atom. The van der Waals surface area contributed by atoms with E-state index in [9.17, 15) is 9.90 Å². The number of aliphatic hydroxyl groups excluding tert-OH is 1. The normalized spacial score (nSPS) is 11.8. The second-order valence-corrected chi connectivity index (χ2v) is 7.12. The number of carbonyl (C=O) groups is 1. The van der Waals surface area contributed by atoms with E-state index >= 15 is 0 Å². The van der Waals surface area contributed by atoms with E-state index < -0.39 is 12.1 Å². The number of aliphatic carboxylic acids is 1. The van der Waals surface area contributed by atoms with Crippen LogP contribution >= 0.6 is 0 Å². The Morgan fingerprint density at radius 3 is 1.84 bits per heavy atom. The molecule has 1 atom stereocenters. The van der Waals surface area contributed by atoms with Crippen LogP contribution in [0.5, 0.6) is 0 Å². The summed E-state index contributed by atoms with van der Waals surface area (Å²) in [7, 11) is 0. The number of aliphatic hydroxyl groups is 1. The van der Waals surface area contributed by atoms with Crippen molar-refractivity contribution in [1.29, 1.82) is 0 Å². The van der Waals surface area contributed by atoms with E-state index in [-0.39, 0.29) is 0 Å². The fourth-order valence-corrected chi connectivity index (χ4v) is 2.93. The molecule has 0 saturated heterocycles. The van der Waals surface area contributed by atoms with Crippen molar-refractivity contribution >= 4 is 5.97 Å². The maximum absolute atomic E-state index is 10.4. The van der Waals surface area contributed by atoms with Crippen LogP contribution < -0.4 is 0 Å². The summed E-state index contributed by atoms with van der Waals surface area (Å²) in [6.07, 6.45) is 18.3. The van der Waals surface area contributed by atoms with Crippen LogP contribution in [-0.2, 0) is 4.79 Å². The van der Waals surface area contributed by atoms with Crippen molar-refractivity contribution in [2.75, 3.05) is 0 Å². The monoisotopic (exact) mass is 352 g/mol. The zero-order valence-electron chi connectivity index (χ0n) is 16.4. The first-order valence-electron chi connectivity index (χ1n) is 10.5. The molecule has 0 radical (unpaired) electrons. The quantitative estimate of drug-likeness (QED) is 0.246. The summed E-state index contributed by atoms with van der Waals surface area (Å²) < 4.78 is 0. The molecule has 0 rings (SSSR count). The van der Waals surface area contributed by atoms with Crippen LogP contribution in [0.3, 0.4) is 0 Å². The summed E-state index contributed by atoms with van der Waals surface area (Å²) in [6.45, 7) is 2.17. The summed E-state index contributed by atoms with van der Waals surface area (Å²) >= 11 is 0. The van der Waals surface area contributed by atoms with Gasteiger partial charge in [0.1, 0.15) is 6.10 Å². The topological polar surface area (TPSA) is 57.5 Å². The van der Waals surface area contributed by atoms with Gasteiger partial charge in [-0.3, -0.25) is 4.79 Å². The Labute approximate surface area is 155 Å². The van der Waals surface area contributed by atoms with E-state index in [2.05, 4.69) is 18.8 Å². The average molecular weight is 353 g/mol. The molecular weight excluding hydrogens is 312 g/mol. The highest BCUT2D eigenvalue weighted by Gasteiger charge is 1.98. The Kier molecular flexibility index (Phi) is 18.5. The molecule has 3 heteroatoms. The SMILES string of the molecule is CCCCC[C@@H](O)C#CCCCCCCCCCCCCCC(=O)O. The predicted molar refractivity (Wildman–Crippen MR) is 106 cm³/mol. The van der Waals surface area contributed by atoms with Gasteiger partial charge in [0.2, 0.25) is 0 Å². The third-order valence-corrected chi connectivity index (χ3v) is 4.54. The fourth-order valence-electron chi connectivity index (χ4n) is 2.93. The fraction of sp³-hybridized carbons (Fsp3) is 0.864. The second-order valence-electron chi connectivity index (χ2n) is 7.12. The Bertz CT molecular complexity index is 354. The van der Waals surface area contributed by atoms with Crippen molar-refractivity contribution in [2.45, 2.75) is 122 Å².